The quantitative estimate of drug-likeness (QED) is 0.825. The molecule has 94 valence electrons. The fourth-order valence-electron chi connectivity index (χ4n) is 2.71. The molecule has 17 heavy (non-hydrogen) atoms. The first-order valence-corrected chi connectivity index (χ1v) is 6.71. The minimum Gasteiger partial charge on any atom is -0.338 e. The number of hydrogen-bond acceptors (Lipinski definition) is 5. The second kappa shape index (κ2) is 5.14. The first-order valence-electron chi connectivity index (χ1n) is 6.71. The molecule has 0 amide bonds. The Kier molecular flexibility index (Phi) is 3.38. The molecule has 3 heterocycles. The average Bonchev–Trinajstić information content (AvgIpc) is 3.00. The molecule has 1 aromatic rings. The van der Waals surface area contributed by atoms with Crippen molar-refractivity contribution in [3.05, 3.63) is 11.7 Å². The topological polar surface area (TPSA) is 63.0 Å². The first kappa shape index (κ1) is 11.2. The third kappa shape index (κ3) is 2.66. The Bertz CT molecular complexity index is 353. The Morgan fingerprint density at radius 2 is 2.06 bits per heavy atom. The van der Waals surface area contributed by atoms with Gasteiger partial charge in [-0.15, -0.1) is 0 Å². The maximum Gasteiger partial charge on any atom is 0.243 e. The van der Waals surface area contributed by atoms with Crippen LogP contribution in [0.25, 0.3) is 0 Å². The summed E-state index contributed by atoms with van der Waals surface area (Å²) in [4.78, 5) is 4.51. The van der Waals surface area contributed by atoms with E-state index in [2.05, 4.69) is 20.8 Å². The van der Waals surface area contributed by atoms with Crippen LogP contribution in [-0.2, 0) is 6.42 Å². The van der Waals surface area contributed by atoms with Crippen LogP contribution in [0, 0.1) is 0 Å². The highest BCUT2D eigenvalue weighted by atomic mass is 16.5. The van der Waals surface area contributed by atoms with Crippen LogP contribution in [0.1, 0.15) is 49.9 Å². The Hall–Kier alpha value is -0.940. The van der Waals surface area contributed by atoms with Crippen molar-refractivity contribution in [1.29, 1.82) is 0 Å². The Morgan fingerprint density at radius 1 is 1.12 bits per heavy atom. The van der Waals surface area contributed by atoms with E-state index in [4.69, 9.17) is 4.52 Å². The number of piperidine rings is 1. The number of nitrogens with zero attached hydrogens (tertiary/aromatic N) is 2. The van der Waals surface area contributed by atoms with Gasteiger partial charge < -0.3 is 15.2 Å². The van der Waals surface area contributed by atoms with Crippen LogP contribution >= 0.6 is 0 Å². The molecule has 0 spiro atoms. The molecule has 0 bridgehead atoms. The van der Waals surface area contributed by atoms with Crippen molar-refractivity contribution in [3.8, 4) is 0 Å². The van der Waals surface area contributed by atoms with Crippen LogP contribution < -0.4 is 10.6 Å². The highest BCUT2D eigenvalue weighted by Gasteiger charge is 2.23. The van der Waals surface area contributed by atoms with Crippen LogP contribution in [0.5, 0.6) is 0 Å². The molecule has 0 aliphatic carbocycles. The predicted molar refractivity (Wildman–Crippen MR) is 63.6 cm³/mol. The molecule has 2 N–H and O–H groups in total. The van der Waals surface area contributed by atoms with Crippen LogP contribution in [-0.4, -0.2) is 29.3 Å². The van der Waals surface area contributed by atoms with Gasteiger partial charge in [0.05, 0.1) is 6.04 Å². The summed E-state index contributed by atoms with van der Waals surface area (Å²) in [6.45, 7) is 2.19. The fraction of sp³-hybridized carbons (Fsp3) is 0.833. The van der Waals surface area contributed by atoms with E-state index in [0.29, 0.717) is 6.04 Å². The first-order chi connectivity index (χ1) is 8.42. The van der Waals surface area contributed by atoms with Gasteiger partial charge in [0.2, 0.25) is 5.89 Å². The zero-order chi connectivity index (χ0) is 11.5. The Balaban J connectivity index is 1.59. The summed E-state index contributed by atoms with van der Waals surface area (Å²) in [5.41, 5.74) is 0. The highest BCUT2D eigenvalue weighted by molar-refractivity contribution is 4.97. The Morgan fingerprint density at radius 3 is 2.82 bits per heavy atom. The molecule has 2 saturated heterocycles. The second-order valence-electron chi connectivity index (χ2n) is 5.05. The molecule has 2 atom stereocenters. The molecule has 2 aliphatic rings. The van der Waals surface area contributed by atoms with Gasteiger partial charge in [-0.2, -0.15) is 4.98 Å². The van der Waals surface area contributed by atoms with Gasteiger partial charge in [0.15, 0.2) is 5.82 Å². The molecule has 2 aliphatic heterocycles. The lowest BCUT2D eigenvalue weighted by molar-refractivity contribution is 0.336. The van der Waals surface area contributed by atoms with E-state index in [1.807, 2.05) is 0 Å². The predicted octanol–water partition coefficient (Wildman–Crippen LogP) is 1.18. The zero-order valence-corrected chi connectivity index (χ0v) is 10.1. The standard InChI is InChI=1S/C12H20N4O/c1-2-6-13-9(4-1)8-11-15-12(17-16-11)10-5-3-7-14-10/h9-10,13-14H,1-8H2. The minimum absolute atomic E-state index is 0.288. The van der Waals surface area contributed by atoms with Crippen LogP contribution in [0.3, 0.4) is 0 Å². The lowest BCUT2D eigenvalue weighted by Gasteiger charge is -2.21. The number of nitrogens with one attached hydrogen (secondary N) is 2. The monoisotopic (exact) mass is 236 g/mol. The molecule has 5 nitrogen and oxygen atoms in total. The van der Waals surface area contributed by atoms with Gasteiger partial charge in [-0.25, -0.2) is 0 Å². The van der Waals surface area contributed by atoms with Crippen molar-refractivity contribution in [1.82, 2.24) is 20.8 Å². The summed E-state index contributed by atoms with van der Waals surface area (Å²) in [7, 11) is 0. The smallest absolute Gasteiger partial charge is 0.243 e. The van der Waals surface area contributed by atoms with E-state index < -0.39 is 0 Å². The molecule has 1 aromatic heterocycles. The number of aromatic nitrogens is 2. The normalized spacial score (nSPS) is 29.6. The highest BCUT2D eigenvalue weighted by Crippen LogP contribution is 2.21. The SMILES string of the molecule is C1CCC(Cc2noc(C3CCCN3)n2)NC1. The average molecular weight is 236 g/mol. The van der Waals surface area contributed by atoms with Gasteiger partial charge in [-0.3, -0.25) is 0 Å². The summed E-state index contributed by atoms with van der Waals surface area (Å²) in [6.07, 6.45) is 7.05. The van der Waals surface area contributed by atoms with Gasteiger partial charge in [-0.1, -0.05) is 11.6 Å². The lowest BCUT2D eigenvalue weighted by Crippen LogP contribution is -2.35. The molecule has 0 saturated carbocycles. The molecular weight excluding hydrogens is 216 g/mol. The molecule has 0 aromatic carbocycles. The van der Waals surface area contributed by atoms with Crippen molar-refractivity contribution in [2.75, 3.05) is 13.1 Å². The maximum absolute atomic E-state index is 5.34. The molecule has 3 rings (SSSR count). The molecule has 2 fully saturated rings. The van der Waals surface area contributed by atoms with E-state index in [1.54, 1.807) is 0 Å². The van der Waals surface area contributed by atoms with Crippen molar-refractivity contribution in [3.63, 3.8) is 0 Å². The van der Waals surface area contributed by atoms with E-state index in [-0.39, 0.29) is 6.04 Å². The maximum atomic E-state index is 5.34. The summed E-state index contributed by atoms with van der Waals surface area (Å²) < 4.78 is 5.34. The summed E-state index contributed by atoms with van der Waals surface area (Å²) >= 11 is 0. The van der Waals surface area contributed by atoms with Crippen LogP contribution in [0.2, 0.25) is 0 Å². The van der Waals surface area contributed by atoms with E-state index in [9.17, 15) is 0 Å². The van der Waals surface area contributed by atoms with Gasteiger partial charge in [0.1, 0.15) is 0 Å². The van der Waals surface area contributed by atoms with Crippen molar-refractivity contribution in [2.24, 2.45) is 0 Å². The molecule has 0 radical (unpaired) electrons. The van der Waals surface area contributed by atoms with Crippen molar-refractivity contribution in [2.45, 2.75) is 50.6 Å². The van der Waals surface area contributed by atoms with Crippen molar-refractivity contribution < 1.29 is 4.52 Å². The van der Waals surface area contributed by atoms with Crippen molar-refractivity contribution >= 4 is 0 Å². The van der Waals surface area contributed by atoms with E-state index >= 15 is 0 Å². The fourth-order valence-corrected chi connectivity index (χ4v) is 2.71. The largest absolute Gasteiger partial charge is 0.338 e. The number of rotatable bonds is 3. The molecular formula is C12H20N4O. The summed E-state index contributed by atoms with van der Waals surface area (Å²) in [5, 5.41) is 11.0. The minimum atomic E-state index is 0.288. The van der Waals surface area contributed by atoms with Crippen LogP contribution in [0.15, 0.2) is 4.52 Å². The zero-order valence-electron chi connectivity index (χ0n) is 10.1. The van der Waals surface area contributed by atoms with Crippen LogP contribution in [0.4, 0.5) is 0 Å². The molecule has 2 unspecified atom stereocenters. The second-order valence-corrected chi connectivity index (χ2v) is 5.05. The third-order valence-corrected chi connectivity index (χ3v) is 3.68. The number of hydrogen-bond donors (Lipinski definition) is 2. The van der Waals surface area contributed by atoms with Gasteiger partial charge >= 0.3 is 0 Å². The summed E-state index contributed by atoms with van der Waals surface area (Å²) in [5.74, 6) is 1.63. The summed E-state index contributed by atoms with van der Waals surface area (Å²) in [6, 6.07) is 0.821. The van der Waals surface area contributed by atoms with E-state index in [1.165, 1.54) is 25.7 Å². The van der Waals surface area contributed by atoms with E-state index in [0.717, 1.165) is 37.6 Å². The molecule has 5 heteroatoms. The Labute approximate surface area is 101 Å². The van der Waals surface area contributed by atoms with Gasteiger partial charge in [-0.05, 0) is 38.8 Å². The van der Waals surface area contributed by atoms with Gasteiger partial charge in [0, 0.05) is 12.5 Å². The lowest BCUT2D eigenvalue weighted by atomic mass is 10.0. The third-order valence-electron chi connectivity index (χ3n) is 3.68. The van der Waals surface area contributed by atoms with Gasteiger partial charge in [0.25, 0.3) is 0 Å².